The Balaban J connectivity index is 2.70. The lowest BCUT2D eigenvalue weighted by Gasteiger charge is -2.16. The van der Waals surface area contributed by atoms with Crippen molar-refractivity contribution < 1.29 is 4.79 Å². The molecule has 0 radical (unpaired) electrons. The average Bonchev–Trinajstić information content (AvgIpc) is 2.22. The molecule has 1 aromatic rings. The van der Waals surface area contributed by atoms with Gasteiger partial charge in [-0.2, -0.15) is 0 Å². The Hall–Kier alpha value is -1.51. The van der Waals surface area contributed by atoms with Gasteiger partial charge in [0.2, 0.25) is 0 Å². The van der Waals surface area contributed by atoms with E-state index in [-0.39, 0.29) is 6.04 Å². The molecule has 0 aliphatic rings. The molecule has 1 atom stereocenters. The molecule has 0 aromatic heterocycles. The summed E-state index contributed by atoms with van der Waals surface area (Å²) >= 11 is 0. The van der Waals surface area contributed by atoms with Gasteiger partial charge in [-0.1, -0.05) is 25.1 Å². The first-order chi connectivity index (χ1) is 7.52. The normalized spacial score (nSPS) is 12.2. The number of primary amides is 1. The van der Waals surface area contributed by atoms with E-state index in [1.54, 1.807) is 0 Å². The summed E-state index contributed by atoms with van der Waals surface area (Å²) in [6.07, 6.45) is 1.72. The molecule has 1 aromatic carbocycles. The quantitative estimate of drug-likeness (QED) is 0.803. The van der Waals surface area contributed by atoms with Crippen LogP contribution in [-0.4, -0.2) is 12.1 Å². The van der Waals surface area contributed by atoms with Gasteiger partial charge in [0.25, 0.3) is 0 Å². The predicted molar refractivity (Wildman–Crippen MR) is 66.4 cm³/mol. The van der Waals surface area contributed by atoms with Crippen molar-refractivity contribution in [3.8, 4) is 0 Å². The Bertz CT molecular complexity index is 374. The molecule has 0 fully saturated rings. The maximum absolute atomic E-state index is 10.8. The van der Waals surface area contributed by atoms with Gasteiger partial charge in [-0.25, -0.2) is 4.79 Å². The molecule has 0 saturated heterocycles. The van der Waals surface area contributed by atoms with Crippen LogP contribution in [-0.2, 0) is 6.42 Å². The summed E-state index contributed by atoms with van der Waals surface area (Å²) in [5.41, 5.74) is 8.94. The molecule has 88 valence electrons. The number of hydrogen-bond acceptors (Lipinski definition) is 1. The number of urea groups is 1. The molecule has 0 saturated carbocycles. The third-order valence-corrected chi connectivity index (χ3v) is 2.89. The van der Waals surface area contributed by atoms with Crippen LogP contribution in [0.25, 0.3) is 0 Å². The lowest BCUT2D eigenvalue weighted by Crippen LogP contribution is -2.39. The van der Waals surface area contributed by atoms with Crippen LogP contribution >= 0.6 is 0 Å². The SMILES string of the molecule is CCC(Cc1ccc(C)c(C)c1)NC(N)=O. The fraction of sp³-hybridized carbons (Fsp3) is 0.462. The molecule has 0 heterocycles. The number of hydrogen-bond donors (Lipinski definition) is 2. The molecular formula is C13H20N2O. The highest BCUT2D eigenvalue weighted by atomic mass is 16.2. The van der Waals surface area contributed by atoms with Crippen molar-refractivity contribution in [1.82, 2.24) is 5.32 Å². The van der Waals surface area contributed by atoms with Crippen LogP contribution in [0.3, 0.4) is 0 Å². The van der Waals surface area contributed by atoms with E-state index < -0.39 is 6.03 Å². The Morgan fingerprint density at radius 2 is 2.06 bits per heavy atom. The number of benzene rings is 1. The van der Waals surface area contributed by atoms with E-state index in [1.165, 1.54) is 16.7 Å². The van der Waals surface area contributed by atoms with Gasteiger partial charge in [-0.05, 0) is 43.4 Å². The first-order valence-electron chi connectivity index (χ1n) is 5.65. The number of nitrogens with one attached hydrogen (secondary N) is 1. The summed E-state index contributed by atoms with van der Waals surface area (Å²) in [6, 6.07) is 6.06. The summed E-state index contributed by atoms with van der Waals surface area (Å²) in [5.74, 6) is 0. The number of carbonyl (C=O) groups is 1. The van der Waals surface area contributed by atoms with Crippen molar-refractivity contribution >= 4 is 6.03 Å². The van der Waals surface area contributed by atoms with Crippen molar-refractivity contribution in [2.24, 2.45) is 5.73 Å². The first-order valence-corrected chi connectivity index (χ1v) is 5.65. The maximum atomic E-state index is 10.8. The fourth-order valence-electron chi connectivity index (χ4n) is 1.71. The molecule has 1 rings (SSSR count). The highest BCUT2D eigenvalue weighted by Crippen LogP contribution is 2.12. The van der Waals surface area contributed by atoms with Crippen LogP contribution in [0.5, 0.6) is 0 Å². The van der Waals surface area contributed by atoms with Gasteiger partial charge in [-0.15, -0.1) is 0 Å². The van der Waals surface area contributed by atoms with Crippen LogP contribution in [0.4, 0.5) is 4.79 Å². The van der Waals surface area contributed by atoms with Gasteiger partial charge in [0, 0.05) is 6.04 Å². The van der Waals surface area contributed by atoms with Crippen LogP contribution in [0.1, 0.15) is 30.0 Å². The Morgan fingerprint density at radius 3 is 2.56 bits per heavy atom. The van der Waals surface area contributed by atoms with Crippen molar-refractivity contribution in [2.45, 2.75) is 39.7 Å². The van der Waals surface area contributed by atoms with E-state index in [9.17, 15) is 4.79 Å². The van der Waals surface area contributed by atoms with Crippen molar-refractivity contribution in [1.29, 1.82) is 0 Å². The van der Waals surface area contributed by atoms with E-state index in [0.29, 0.717) is 0 Å². The van der Waals surface area contributed by atoms with Gasteiger partial charge < -0.3 is 11.1 Å². The molecule has 0 aliphatic carbocycles. The van der Waals surface area contributed by atoms with Crippen molar-refractivity contribution in [3.05, 3.63) is 34.9 Å². The zero-order valence-electron chi connectivity index (χ0n) is 10.2. The Labute approximate surface area is 97.0 Å². The van der Waals surface area contributed by atoms with Crippen LogP contribution in [0.15, 0.2) is 18.2 Å². The minimum absolute atomic E-state index is 0.125. The molecule has 16 heavy (non-hydrogen) atoms. The minimum atomic E-state index is -0.448. The second-order valence-electron chi connectivity index (χ2n) is 4.24. The lowest BCUT2D eigenvalue weighted by atomic mass is 10.00. The average molecular weight is 220 g/mol. The van der Waals surface area contributed by atoms with Crippen molar-refractivity contribution in [3.63, 3.8) is 0 Å². The standard InChI is InChI=1S/C13H20N2O/c1-4-12(15-13(14)16)8-11-6-5-9(2)10(3)7-11/h5-7,12H,4,8H2,1-3H3,(H3,14,15,16). The highest BCUT2D eigenvalue weighted by Gasteiger charge is 2.09. The summed E-state index contributed by atoms with van der Waals surface area (Å²) in [5, 5.41) is 2.75. The second kappa shape index (κ2) is 5.54. The zero-order chi connectivity index (χ0) is 12.1. The molecule has 3 N–H and O–H groups in total. The van der Waals surface area contributed by atoms with Gasteiger partial charge in [0.05, 0.1) is 0 Å². The van der Waals surface area contributed by atoms with Crippen LogP contribution in [0.2, 0.25) is 0 Å². The monoisotopic (exact) mass is 220 g/mol. The summed E-state index contributed by atoms with van der Waals surface area (Å²) in [7, 11) is 0. The molecule has 3 heteroatoms. The summed E-state index contributed by atoms with van der Waals surface area (Å²) in [4.78, 5) is 10.8. The van der Waals surface area contributed by atoms with E-state index in [1.807, 2.05) is 6.92 Å². The zero-order valence-corrected chi connectivity index (χ0v) is 10.2. The highest BCUT2D eigenvalue weighted by molar-refractivity contribution is 5.72. The van der Waals surface area contributed by atoms with Gasteiger partial charge in [0.1, 0.15) is 0 Å². The second-order valence-corrected chi connectivity index (χ2v) is 4.24. The number of amides is 2. The molecule has 3 nitrogen and oxygen atoms in total. The molecule has 0 aliphatic heterocycles. The van der Waals surface area contributed by atoms with Crippen LogP contribution in [0, 0.1) is 13.8 Å². The van der Waals surface area contributed by atoms with E-state index in [0.717, 1.165) is 12.8 Å². The summed E-state index contributed by atoms with van der Waals surface area (Å²) in [6.45, 7) is 6.24. The Morgan fingerprint density at radius 1 is 1.38 bits per heavy atom. The minimum Gasteiger partial charge on any atom is -0.352 e. The fourth-order valence-corrected chi connectivity index (χ4v) is 1.71. The smallest absolute Gasteiger partial charge is 0.312 e. The predicted octanol–water partition coefficient (Wildman–Crippen LogP) is 2.29. The number of aryl methyl sites for hydroxylation is 2. The topological polar surface area (TPSA) is 55.1 Å². The van der Waals surface area contributed by atoms with Crippen molar-refractivity contribution in [2.75, 3.05) is 0 Å². The molecule has 0 spiro atoms. The Kier molecular flexibility index (Phi) is 4.35. The largest absolute Gasteiger partial charge is 0.352 e. The molecule has 1 unspecified atom stereocenters. The first kappa shape index (κ1) is 12.6. The number of rotatable bonds is 4. The van der Waals surface area contributed by atoms with E-state index in [4.69, 9.17) is 5.73 Å². The van der Waals surface area contributed by atoms with E-state index >= 15 is 0 Å². The maximum Gasteiger partial charge on any atom is 0.312 e. The van der Waals surface area contributed by atoms with Crippen LogP contribution < -0.4 is 11.1 Å². The number of carbonyl (C=O) groups excluding carboxylic acids is 1. The number of nitrogens with two attached hydrogens (primary N) is 1. The third kappa shape index (κ3) is 3.57. The third-order valence-electron chi connectivity index (χ3n) is 2.89. The lowest BCUT2D eigenvalue weighted by molar-refractivity contribution is 0.244. The van der Waals surface area contributed by atoms with Gasteiger partial charge in [-0.3, -0.25) is 0 Å². The van der Waals surface area contributed by atoms with E-state index in [2.05, 4.69) is 37.4 Å². The molecule has 0 bridgehead atoms. The molecule has 2 amide bonds. The molecular weight excluding hydrogens is 200 g/mol. The summed E-state index contributed by atoms with van der Waals surface area (Å²) < 4.78 is 0. The van der Waals surface area contributed by atoms with Gasteiger partial charge >= 0.3 is 6.03 Å². The van der Waals surface area contributed by atoms with Gasteiger partial charge in [0.15, 0.2) is 0 Å².